The maximum absolute atomic E-state index is 11.8. The van der Waals surface area contributed by atoms with Crippen LogP contribution in [0, 0.1) is 17.2 Å². The van der Waals surface area contributed by atoms with Crippen molar-refractivity contribution in [2.45, 2.75) is 6.92 Å². The maximum Gasteiger partial charge on any atom is 0.337 e. The van der Waals surface area contributed by atoms with Crippen molar-refractivity contribution in [3.05, 3.63) is 39.9 Å². The van der Waals surface area contributed by atoms with Gasteiger partial charge in [0.25, 0.3) is 5.91 Å². The third kappa shape index (κ3) is 3.42. The van der Waals surface area contributed by atoms with Gasteiger partial charge in [0, 0.05) is 6.21 Å². The van der Waals surface area contributed by atoms with Crippen LogP contribution in [0.1, 0.15) is 17.3 Å². The molecule has 122 valence electrons. The number of nitrogens with zero attached hydrogens (tertiary/aromatic N) is 2. The largest absolute Gasteiger partial charge is 0.478 e. The summed E-state index contributed by atoms with van der Waals surface area (Å²) >= 11 is 5.76. The number of nitrogens with one attached hydrogen (secondary N) is 2. The molecule has 2 amide bonds. The summed E-state index contributed by atoms with van der Waals surface area (Å²) < 4.78 is 0. The molecule has 1 aliphatic heterocycles. The molecule has 1 unspecified atom stereocenters. The van der Waals surface area contributed by atoms with E-state index in [2.05, 4.69) is 15.8 Å². The Morgan fingerprint density at radius 2 is 2.21 bits per heavy atom. The lowest BCUT2D eigenvalue weighted by atomic mass is 9.92. The first kappa shape index (κ1) is 17.2. The van der Waals surface area contributed by atoms with Gasteiger partial charge in [-0.2, -0.15) is 10.4 Å². The standard InChI is InChI=1S/C15H11ClN4O4/c1-7-10(5-17)13(21)19-14(22)11(7)6-18-20-8-2-3-12(16)9(4-8)15(23)24/h2-4,6,11,20H,1H3,(H,23,24)(H,19,21,22). The average molecular weight is 347 g/mol. The number of carboxylic acid groups (broad SMARTS) is 1. The summed E-state index contributed by atoms with van der Waals surface area (Å²) in [5.41, 5.74) is 2.99. The molecule has 0 aliphatic carbocycles. The molecule has 9 heteroatoms. The fraction of sp³-hybridized carbons (Fsp3) is 0.133. The van der Waals surface area contributed by atoms with Gasteiger partial charge in [-0.3, -0.25) is 20.3 Å². The van der Waals surface area contributed by atoms with E-state index in [4.69, 9.17) is 22.0 Å². The number of anilines is 1. The number of aromatic carboxylic acids is 1. The molecule has 1 aliphatic rings. The predicted molar refractivity (Wildman–Crippen MR) is 85.5 cm³/mol. The lowest BCUT2D eigenvalue weighted by Crippen LogP contribution is -2.42. The minimum atomic E-state index is -1.18. The van der Waals surface area contributed by atoms with Gasteiger partial charge in [0.05, 0.1) is 22.2 Å². The second-order valence-electron chi connectivity index (χ2n) is 4.86. The van der Waals surface area contributed by atoms with Crippen LogP contribution in [0.4, 0.5) is 5.69 Å². The molecular formula is C15H11ClN4O4. The summed E-state index contributed by atoms with van der Waals surface area (Å²) in [5, 5.41) is 24.0. The van der Waals surface area contributed by atoms with Crippen LogP contribution >= 0.6 is 11.6 Å². The van der Waals surface area contributed by atoms with E-state index in [0.717, 1.165) is 0 Å². The number of carbonyl (C=O) groups excluding carboxylic acids is 2. The van der Waals surface area contributed by atoms with Crippen molar-refractivity contribution in [1.82, 2.24) is 5.32 Å². The second kappa shape index (κ2) is 6.93. The number of amides is 2. The first-order valence-corrected chi connectivity index (χ1v) is 7.01. The van der Waals surface area contributed by atoms with Crippen molar-refractivity contribution in [3.8, 4) is 6.07 Å². The van der Waals surface area contributed by atoms with Gasteiger partial charge in [0.1, 0.15) is 11.6 Å². The van der Waals surface area contributed by atoms with Gasteiger partial charge in [0.2, 0.25) is 5.91 Å². The molecule has 0 spiro atoms. The molecule has 24 heavy (non-hydrogen) atoms. The Hall–Kier alpha value is -3.18. The summed E-state index contributed by atoms with van der Waals surface area (Å²) in [5.74, 6) is -3.39. The van der Waals surface area contributed by atoms with Crippen molar-refractivity contribution in [2.24, 2.45) is 11.0 Å². The molecule has 2 rings (SSSR count). The van der Waals surface area contributed by atoms with Crippen LogP contribution in [-0.4, -0.2) is 29.1 Å². The number of carboxylic acids is 1. The molecule has 1 aromatic carbocycles. The third-order valence-electron chi connectivity index (χ3n) is 3.33. The van der Waals surface area contributed by atoms with Gasteiger partial charge >= 0.3 is 5.97 Å². The van der Waals surface area contributed by atoms with E-state index in [1.165, 1.54) is 31.3 Å². The van der Waals surface area contributed by atoms with Crippen molar-refractivity contribution in [3.63, 3.8) is 0 Å². The van der Waals surface area contributed by atoms with Gasteiger partial charge in [-0.1, -0.05) is 11.6 Å². The van der Waals surface area contributed by atoms with Gasteiger partial charge in [-0.05, 0) is 30.7 Å². The summed E-state index contributed by atoms with van der Waals surface area (Å²) in [4.78, 5) is 34.3. The molecule has 0 aromatic heterocycles. The molecule has 1 atom stereocenters. The predicted octanol–water partition coefficient (Wildman–Crippen LogP) is 1.55. The smallest absolute Gasteiger partial charge is 0.337 e. The van der Waals surface area contributed by atoms with E-state index in [-0.39, 0.29) is 16.2 Å². The zero-order valence-corrected chi connectivity index (χ0v) is 13.1. The van der Waals surface area contributed by atoms with Crippen LogP contribution in [0.25, 0.3) is 0 Å². The Kier molecular flexibility index (Phi) is 4.96. The van der Waals surface area contributed by atoms with E-state index < -0.39 is 23.7 Å². The highest BCUT2D eigenvalue weighted by Crippen LogP contribution is 2.21. The number of rotatable bonds is 4. The first-order valence-electron chi connectivity index (χ1n) is 6.63. The number of benzene rings is 1. The fourth-order valence-corrected chi connectivity index (χ4v) is 2.25. The molecule has 1 heterocycles. The number of hydrazone groups is 1. The zero-order chi connectivity index (χ0) is 17.9. The van der Waals surface area contributed by atoms with Crippen LogP contribution in [0.3, 0.4) is 0 Å². The van der Waals surface area contributed by atoms with E-state index in [0.29, 0.717) is 11.3 Å². The van der Waals surface area contributed by atoms with Crippen molar-refractivity contribution < 1.29 is 19.5 Å². The van der Waals surface area contributed by atoms with Crippen LogP contribution in [0.2, 0.25) is 5.02 Å². The molecule has 0 fully saturated rings. The Labute approximate surface area is 141 Å². The SMILES string of the molecule is CC1=C(C#N)C(=O)NC(=O)C1C=NNc1ccc(Cl)c(C(=O)O)c1. The Morgan fingerprint density at radius 3 is 2.83 bits per heavy atom. The summed E-state index contributed by atoms with van der Waals surface area (Å²) in [6, 6.07) is 5.94. The molecule has 3 N–H and O–H groups in total. The fourth-order valence-electron chi connectivity index (χ4n) is 2.05. The number of nitriles is 1. The van der Waals surface area contributed by atoms with Crippen LogP contribution in [0.15, 0.2) is 34.4 Å². The summed E-state index contributed by atoms with van der Waals surface area (Å²) in [6.07, 6.45) is 1.23. The van der Waals surface area contributed by atoms with E-state index in [9.17, 15) is 14.4 Å². The molecule has 0 bridgehead atoms. The lowest BCUT2D eigenvalue weighted by Gasteiger charge is -2.19. The van der Waals surface area contributed by atoms with Gasteiger partial charge in [-0.25, -0.2) is 4.79 Å². The van der Waals surface area contributed by atoms with Crippen molar-refractivity contribution >= 4 is 41.3 Å². The topological polar surface area (TPSA) is 132 Å². The molecule has 0 saturated heterocycles. The van der Waals surface area contributed by atoms with E-state index >= 15 is 0 Å². The minimum absolute atomic E-state index is 0.0830. The van der Waals surface area contributed by atoms with Crippen LogP contribution in [0.5, 0.6) is 0 Å². The second-order valence-corrected chi connectivity index (χ2v) is 5.26. The zero-order valence-electron chi connectivity index (χ0n) is 12.3. The van der Waals surface area contributed by atoms with Crippen molar-refractivity contribution in [1.29, 1.82) is 5.26 Å². The number of carbonyl (C=O) groups is 3. The lowest BCUT2D eigenvalue weighted by molar-refractivity contribution is -0.130. The number of halogens is 1. The van der Waals surface area contributed by atoms with Gasteiger partial charge in [-0.15, -0.1) is 0 Å². The molecule has 0 saturated carbocycles. The monoisotopic (exact) mass is 346 g/mol. The maximum atomic E-state index is 11.8. The van der Waals surface area contributed by atoms with E-state index in [1.807, 2.05) is 0 Å². The van der Waals surface area contributed by atoms with Crippen LogP contribution < -0.4 is 10.7 Å². The van der Waals surface area contributed by atoms with Gasteiger partial charge < -0.3 is 5.11 Å². The Balaban J connectivity index is 2.20. The molecule has 0 radical (unpaired) electrons. The summed E-state index contributed by atoms with van der Waals surface area (Å²) in [7, 11) is 0. The third-order valence-corrected chi connectivity index (χ3v) is 3.66. The highest BCUT2D eigenvalue weighted by Gasteiger charge is 2.31. The average Bonchev–Trinajstić information content (AvgIpc) is 2.52. The van der Waals surface area contributed by atoms with Crippen molar-refractivity contribution in [2.75, 3.05) is 5.43 Å². The molecule has 1 aromatic rings. The van der Waals surface area contributed by atoms with Crippen LogP contribution in [-0.2, 0) is 9.59 Å². The normalized spacial score (nSPS) is 17.6. The van der Waals surface area contributed by atoms with E-state index in [1.54, 1.807) is 6.07 Å². The molecular weight excluding hydrogens is 336 g/mol. The Bertz CT molecular complexity index is 838. The van der Waals surface area contributed by atoms with Gasteiger partial charge in [0.15, 0.2) is 0 Å². The minimum Gasteiger partial charge on any atom is -0.478 e. The summed E-state index contributed by atoms with van der Waals surface area (Å²) in [6.45, 7) is 1.50. The highest BCUT2D eigenvalue weighted by atomic mass is 35.5. The first-order chi connectivity index (χ1) is 11.3. The quantitative estimate of drug-likeness (QED) is 0.430. The number of hydrogen-bond acceptors (Lipinski definition) is 6. The Morgan fingerprint density at radius 1 is 1.50 bits per heavy atom. The highest BCUT2D eigenvalue weighted by molar-refractivity contribution is 6.33. The number of hydrogen-bond donors (Lipinski definition) is 3. The number of imide groups is 1. The molecule has 8 nitrogen and oxygen atoms in total.